The lowest BCUT2D eigenvalue weighted by Gasteiger charge is -2.32. The summed E-state index contributed by atoms with van der Waals surface area (Å²) in [5.74, 6) is -7.21. The molecule has 1 heterocycles. The van der Waals surface area contributed by atoms with Gasteiger partial charge in [-0.05, 0) is 51.4 Å². The van der Waals surface area contributed by atoms with Crippen LogP contribution in [0.2, 0.25) is 0 Å². The van der Waals surface area contributed by atoms with Gasteiger partial charge in [-0.3, -0.25) is 81.9 Å². The molecule has 0 saturated carbocycles. The Morgan fingerprint density at radius 3 is 1.16 bits per heavy atom. The predicted molar refractivity (Wildman–Crippen MR) is 370 cm³/mol. The molecule has 102 heavy (non-hydrogen) atoms. The SMILES string of the molecule is C[C@@H](CCCCNC(=O)COCCOCCNC(=O)COCCOCCNC(=O)CCCC(=O)NCCCC[C@H](CC(=O)COCOCCCC(=O)COCCOCCNC(=O)CN1CCN(CC(=O)O)CCN(CC(=O)O)CCN(CC(=O)O)CC1)C(=O)NCCCC[C@H](C)C(N)=O)C(N)=O.[HH]. The summed E-state index contributed by atoms with van der Waals surface area (Å²) < 4.78 is 43.3. The Labute approximate surface area is 599 Å². The molecule has 0 spiro atoms. The van der Waals surface area contributed by atoms with Crippen LogP contribution in [0.15, 0.2) is 0 Å². The molecule has 1 aliphatic heterocycles. The van der Waals surface area contributed by atoms with Crippen molar-refractivity contribution in [3.63, 3.8) is 0 Å². The highest BCUT2D eigenvalue weighted by atomic mass is 16.7. The number of ether oxygens (including phenoxy) is 8. The Morgan fingerprint density at radius 1 is 0.353 bits per heavy atom. The number of nitrogens with zero attached hydrogens (tertiary/aromatic N) is 4. The Bertz CT molecular complexity index is 2410. The standard InChI is InChI=1S/C66H118N12O24.H2/c1-51(64(67)92)11-3-6-18-70-59(84)48-99-39-37-97-34-22-73-60(85)49-100-40-36-95-32-20-71-57(82)16-9-15-56(81)69-17-8-5-13-53(66(94)74-19-7-4-12-52(2)65(68)93)41-55(80)47-102-50-101-31-10-14-54(79)46-98-38-35-96-33-21-72-58(83)42-75-23-25-76(43-61(86)87)27-29-78(45-63(90)91)30-28-77(26-24-75)44-62(88)89;/h51-53H,3-50H2,1-2H3,(H2,67,92)(H2,68,93)(H,69,81)(H,70,84)(H,71,82)(H,72,83)(H,73,85)(H,74,94)(H,86,87)(H,88,89)(H,90,91);1H/t51-,52-,53+;/m0./s1. The topological polar surface area (TPSA) is 494 Å². The van der Waals surface area contributed by atoms with E-state index in [1.54, 1.807) is 28.5 Å². The van der Waals surface area contributed by atoms with Crippen molar-refractivity contribution in [3.8, 4) is 0 Å². The minimum atomic E-state index is -1.05. The highest BCUT2D eigenvalue weighted by molar-refractivity contribution is 5.87. The van der Waals surface area contributed by atoms with E-state index in [9.17, 15) is 77.6 Å². The average Bonchev–Trinajstić information content (AvgIpc) is 0.927. The third-order valence-corrected chi connectivity index (χ3v) is 15.8. The van der Waals surface area contributed by atoms with E-state index in [4.69, 9.17) is 49.4 Å². The molecular weight excluding hydrogens is 1340 g/mol. The highest BCUT2D eigenvalue weighted by Crippen LogP contribution is 2.16. The molecule has 0 radical (unpaired) electrons. The number of carboxylic acids is 3. The first-order chi connectivity index (χ1) is 48.9. The van der Waals surface area contributed by atoms with Crippen LogP contribution in [0.25, 0.3) is 0 Å². The number of nitrogens with one attached hydrogen (secondary N) is 6. The van der Waals surface area contributed by atoms with E-state index in [0.29, 0.717) is 90.5 Å². The zero-order chi connectivity index (χ0) is 75.4. The van der Waals surface area contributed by atoms with E-state index in [-0.39, 0.29) is 276 Å². The molecule has 36 nitrogen and oxygen atoms in total. The number of hydrogen-bond donors (Lipinski definition) is 11. The lowest BCUT2D eigenvalue weighted by atomic mass is 9.95. The number of nitrogens with two attached hydrogens (primary N) is 2. The highest BCUT2D eigenvalue weighted by Gasteiger charge is 2.24. The molecule has 0 bridgehead atoms. The predicted octanol–water partition coefficient (Wildman–Crippen LogP) is -2.66. The minimum Gasteiger partial charge on any atom is -0.480 e. The molecule has 0 aliphatic carbocycles. The van der Waals surface area contributed by atoms with E-state index < -0.39 is 29.7 Å². The zero-order valence-electron chi connectivity index (χ0n) is 60.0. The Hall–Kier alpha value is -6.97. The van der Waals surface area contributed by atoms with Gasteiger partial charge in [-0.1, -0.05) is 33.1 Å². The Morgan fingerprint density at radius 2 is 0.716 bits per heavy atom. The summed E-state index contributed by atoms with van der Waals surface area (Å²) in [5, 5.41) is 44.9. The zero-order valence-corrected chi connectivity index (χ0v) is 60.0. The smallest absolute Gasteiger partial charge is 0.317 e. The number of unbranched alkanes of at least 4 members (excludes halogenated alkanes) is 3. The summed E-state index contributed by atoms with van der Waals surface area (Å²) in [6, 6.07) is 0. The molecule has 13 N–H and O–H groups in total. The lowest BCUT2D eigenvalue weighted by molar-refractivity contribution is -0.140. The van der Waals surface area contributed by atoms with Crippen molar-refractivity contribution in [2.24, 2.45) is 29.2 Å². The number of rotatable bonds is 64. The third-order valence-electron chi connectivity index (χ3n) is 15.8. The van der Waals surface area contributed by atoms with Crippen molar-refractivity contribution in [1.82, 2.24) is 51.5 Å². The van der Waals surface area contributed by atoms with Crippen LogP contribution in [0.1, 0.15) is 112 Å². The first-order valence-corrected chi connectivity index (χ1v) is 35.3. The summed E-state index contributed by atoms with van der Waals surface area (Å²) >= 11 is 0. The van der Waals surface area contributed by atoms with Crippen molar-refractivity contribution in [2.75, 3.05) is 217 Å². The molecule has 1 rings (SSSR count). The molecule has 588 valence electrons. The number of carboxylic acid groups (broad SMARTS) is 3. The van der Waals surface area contributed by atoms with Crippen molar-refractivity contribution < 1.29 is 117 Å². The number of primary amides is 2. The second-order valence-electron chi connectivity index (χ2n) is 24.7. The molecule has 36 heteroatoms. The van der Waals surface area contributed by atoms with Crippen molar-refractivity contribution in [3.05, 3.63) is 0 Å². The number of carbonyl (C=O) groups is 13. The van der Waals surface area contributed by atoms with Crippen LogP contribution in [-0.4, -0.2) is 329 Å². The van der Waals surface area contributed by atoms with Crippen molar-refractivity contribution in [1.29, 1.82) is 0 Å². The second kappa shape index (κ2) is 61.5. The fourth-order valence-corrected chi connectivity index (χ4v) is 9.83. The van der Waals surface area contributed by atoms with Crippen LogP contribution in [0, 0.1) is 17.8 Å². The number of ketones is 2. The van der Waals surface area contributed by atoms with E-state index in [1.165, 1.54) is 0 Å². The number of amides is 8. The third kappa shape index (κ3) is 56.6. The summed E-state index contributed by atoms with van der Waals surface area (Å²) in [5.41, 5.74) is 10.6. The van der Waals surface area contributed by atoms with Gasteiger partial charge in [0, 0.05) is 143 Å². The van der Waals surface area contributed by atoms with Crippen LogP contribution in [0.4, 0.5) is 0 Å². The number of aliphatic carboxylic acids is 3. The van der Waals surface area contributed by atoms with E-state index in [0.717, 1.165) is 12.8 Å². The molecule has 1 aliphatic rings. The molecule has 0 unspecified atom stereocenters. The van der Waals surface area contributed by atoms with Crippen LogP contribution < -0.4 is 43.4 Å². The average molecular weight is 1470 g/mol. The molecular formula is C66H120N12O24. The van der Waals surface area contributed by atoms with Gasteiger partial charge in [0.05, 0.1) is 85.6 Å². The summed E-state index contributed by atoms with van der Waals surface area (Å²) in [7, 11) is 0. The maximum absolute atomic E-state index is 13.3. The van der Waals surface area contributed by atoms with Gasteiger partial charge in [-0.15, -0.1) is 0 Å². The van der Waals surface area contributed by atoms with Crippen LogP contribution in [-0.2, 0) is 100 Å². The number of Topliss-reactive ketones (excluding diaryl/α,β-unsaturated/α-hetero) is 2. The molecule has 1 fully saturated rings. The van der Waals surface area contributed by atoms with Crippen LogP contribution in [0.3, 0.4) is 0 Å². The van der Waals surface area contributed by atoms with E-state index in [1.807, 2.05) is 4.90 Å². The first kappa shape index (κ1) is 93.0. The Balaban J connectivity index is 0.000104. The normalized spacial score (nSPS) is 14.4. The Kier molecular flexibility index (Phi) is 56.1. The summed E-state index contributed by atoms with van der Waals surface area (Å²) in [6.07, 6.45) is 6.45. The van der Waals surface area contributed by atoms with Gasteiger partial charge in [0.1, 0.15) is 33.2 Å². The quantitative estimate of drug-likeness (QED) is 0.0219. The van der Waals surface area contributed by atoms with E-state index in [2.05, 4.69) is 31.9 Å². The van der Waals surface area contributed by atoms with Crippen molar-refractivity contribution in [2.45, 2.75) is 110 Å². The summed E-state index contributed by atoms with van der Waals surface area (Å²) in [4.78, 5) is 164. The molecule has 0 aromatic carbocycles. The fourth-order valence-electron chi connectivity index (χ4n) is 9.83. The fraction of sp³-hybridized carbons (Fsp3) is 0.803. The van der Waals surface area contributed by atoms with Crippen LogP contribution in [0.5, 0.6) is 0 Å². The molecule has 1 saturated heterocycles. The van der Waals surface area contributed by atoms with Gasteiger partial charge in [-0.2, -0.15) is 0 Å². The first-order valence-electron chi connectivity index (χ1n) is 35.3. The minimum absolute atomic E-state index is 0. The van der Waals surface area contributed by atoms with Gasteiger partial charge >= 0.3 is 17.9 Å². The lowest BCUT2D eigenvalue weighted by Crippen LogP contribution is -2.50. The van der Waals surface area contributed by atoms with Gasteiger partial charge in [0.2, 0.25) is 47.3 Å². The molecule has 3 atom stereocenters. The monoisotopic (exact) mass is 1460 g/mol. The summed E-state index contributed by atoms with van der Waals surface area (Å²) in [6.45, 7) is 7.53. The second-order valence-corrected chi connectivity index (χ2v) is 24.7. The maximum Gasteiger partial charge on any atom is 0.317 e. The molecule has 0 aromatic heterocycles. The molecule has 8 amide bonds. The number of hydrogen-bond acceptors (Lipinski definition) is 25. The largest absolute Gasteiger partial charge is 0.480 e. The van der Waals surface area contributed by atoms with Gasteiger partial charge in [-0.25, -0.2) is 0 Å². The van der Waals surface area contributed by atoms with Crippen LogP contribution >= 0.6 is 0 Å². The van der Waals surface area contributed by atoms with Gasteiger partial charge in [0.25, 0.3) is 0 Å². The van der Waals surface area contributed by atoms with Gasteiger partial charge < -0.3 is 96.6 Å². The molecule has 0 aromatic rings. The van der Waals surface area contributed by atoms with Crippen molar-refractivity contribution >= 4 is 76.7 Å². The number of carbonyl (C=O) groups excluding carboxylic acids is 10. The van der Waals surface area contributed by atoms with Gasteiger partial charge in [0.15, 0.2) is 11.6 Å². The van der Waals surface area contributed by atoms with E-state index >= 15 is 0 Å². The maximum atomic E-state index is 13.3.